The van der Waals surface area contributed by atoms with Crippen molar-refractivity contribution in [1.29, 1.82) is 0 Å². The van der Waals surface area contributed by atoms with Gasteiger partial charge in [-0.2, -0.15) is 0 Å². The van der Waals surface area contributed by atoms with E-state index in [2.05, 4.69) is 21.8 Å². The van der Waals surface area contributed by atoms with E-state index in [1.54, 1.807) is 7.11 Å². The molecule has 1 fully saturated rings. The summed E-state index contributed by atoms with van der Waals surface area (Å²) in [7, 11) is 1.77. The van der Waals surface area contributed by atoms with Crippen LogP contribution in [0.5, 0.6) is 0 Å². The summed E-state index contributed by atoms with van der Waals surface area (Å²) in [6.45, 7) is 7.82. The molecular weight excluding hydrogens is 250 g/mol. The molecule has 1 aliphatic rings. The molecule has 5 heteroatoms. The molecule has 1 unspecified atom stereocenters. The molecule has 1 saturated heterocycles. The van der Waals surface area contributed by atoms with Gasteiger partial charge in [-0.05, 0) is 33.6 Å². The maximum absolute atomic E-state index is 6.13. The molecule has 100 valence electrons. The van der Waals surface area contributed by atoms with Crippen molar-refractivity contribution in [2.24, 2.45) is 0 Å². The number of aryl methyl sites for hydroxylation is 1. The Labute approximate surface area is 113 Å². The van der Waals surface area contributed by atoms with Gasteiger partial charge in [-0.15, -0.1) is 0 Å². The number of nitrogens with zero attached hydrogens (tertiary/aromatic N) is 3. The molecule has 0 saturated carbocycles. The van der Waals surface area contributed by atoms with Crippen LogP contribution < -0.4 is 4.90 Å². The Hall–Kier alpha value is -0.870. The number of piperidine rings is 1. The van der Waals surface area contributed by atoms with Gasteiger partial charge in [0.1, 0.15) is 16.8 Å². The fraction of sp³-hybridized carbons (Fsp3) is 0.692. The number of aromatic nitrogens is 2. The van der Waals surface area contributed by atoms with Crippen molar-refractivity contribution in [3.8, 4) is 0 Å². The van der Waals surface area contributed by atoms with E-state index in [1.807, 2.05) is 13.8 Å². The first-order chi connectivity index (χ1) is 8.45. The third-order valence-corrected chi connectivity index (χ3v) is 3.99. The Balaban J connectivity index is 2.31. The molecule has 0 amide bonds. The first-order valence-corrected chi connectivity index (χ1v) is 6.64. The van der Waals surface area contributed by atoms with Crippen LogP contribution in [0.15, 0.2) is 0 Å². The van der Waals surface area contributed by atoms with E-state index in [1.165, 1.54) is 0 Å². The van der Waals surface area contributed by atoms with E-state index >= 15 is 0 Å². The van der Waals surface area contributed by atoms with E-state index in [0.29, 0.717) is 11.0 Å². The summed E-state index contributed by atoms with van der Waals surface area (Å²) in [6, 6.07) is 0. The van der Waals surface area contributed by atoms with Crippen LogP contribution in [0.3, 0.4) is 0 Å². The molecule has 0 aromatic carbocycles. The highest BCUT2D eigenvalue weighted by Gasteiger charge is 2.32. The number of halogens is 1. The van der Waals surface area contributed by atoms with E-state index in [9.17, 15) is 0 Å². The molecule has 1 aliphatic heterocycles. The second kappa shape index (κ2) is 5.02. The fourth-order valence-electron chi connectivity index (χ4n) is 2.44. The lowest BCUT2D eigenvalue weighted by molar-refractivity contribution is -0.00484. The zero-order chi connectivity index (χ0) is 13.3. The van der Waals surface area contributed by atoms with E-state index in [-0.39, 0.29) is 5.60 Å². The van der Waals surface area contributed by atoms with Crippen LogP contribution in [0.4, 0.5) is 5.82 Å². The summed E-state index contributed by atoms with van der Waals surface area (Å²) < 4.78 is 5.61. The summed E-state index contributed by atoms with van der Waals surface area (Å²) in [5.74, 6) is 1.65. The number of hydrogen-bond donors (Lipinski definition) is 0. The summed E-state index contributed by atoms with van der Waals surface area (Å²) >= 11 is 6.13. The van der Waals surface area contributed by atoms with Crippen molar-refractivity contribution in [2.45, 2.75) is 39.2 Å². The Morgan fingerprint density at radius 2 is 2.06 bits per heavy atom. The Bertz CT molecular complexity index is 452. The van der Waals surface area contributed by atoms with Crippen LogP contribution in [0.1, 0.15) is 31.2 Å². The lowest BCUT2D eigenvalue weighted by Gasteiger charge is -2.40. The van der Waals surface area contributed by atoms with Crippen molar-refractivity contribution in [2.75, 3.05) is 25.1 Å². The average molecular weight is 270 g/mol. The molecule has 0 aliphatic carbocycles. The van der Waals surface area contributed by atoms with Gasteiger partial charge in [0.2, 0.25) is 0 Å². The second-order valence-electron chi connectivity index (χ2n) is 5.19. The third kappa shape index (κ3) is 2.59. The van der Waals surface area contributed by atoms with Gasteiger partial charge in [0, 0.05) is 25.8 Å². The molecule has 1 aromatic rings. The average Bonchev–Trinajstić information content (AvgIpc) is 2.34. The fourth-order valence-corrected chi connectivity index (χ4v) is 2.65. The van der Waals surface area contributed by atoms with Gasteiger partial charge in [0.15, 0.2) is 0 Å². The van der Waals surface area contributed by atoms with Crippen LogP contribution in [0.25, 0.3) is 0 Å². The van der Waals surface area contributed by atoms with Crippen LogP contribution in [0, 0.1) is 13.8 Å². The Kier molecular flexibility index (Phi) is 3.78. The van der Waals surface area contributed by atoms with Gasteiger partial charge >= 0.3 is 0 Å². The number of rotatable bonds is 2. The minimum atomic E-state index is -0.101. The highest BCUT2D eigenvalue weighted by molar-refractivity contribution is 6.30. The normalized spacial score (nSPS) is 24.4. The minimum Gasteiger partial charge on any atom is -0.377 e. The van der Waals surface area contributed by atoms with E-state index < -0.39 is 0 Å². The van der Waals surface area contributed by atoms with Crippen LogP contribution in [-0.2, 0) is 4.74 Å². The molecule has 4 nitrogen and oxygen atoms in total. The molecule has 1 aromatic heterocycles. The third-order valence-electron chi connectivity index (χ3n) is 3.62. The van der Waals surface area contributed by atoms with Crippen molar-refractivity contribution in [3.63, 3.8) is 0 Å². The SMILES string of the molecule is COC1(C)CCCN(c2nc(C)nc(Cl)c2C)C1. The smallest absolute Gasteiger partial charge is 0.137 e. The largest absolute Gasteiger partial charge is 0.377 e. The Morgan fingerprint density at radius 1 is 1.33 bits per heavy atom. The quantitative estimate of drug-likeness (QED) is 0.774. The van der Waals surface area contributed by atoms with Gasteiger partial charge in [-0.25, -0.2) is 9.97 Å². The maximum atomic E-state index is 6.13. The maximum Gasteiger partial charge on any atom is 0.137 e. The number of anilines is 1. The lowest BCUT2D eigenvalue weighted by atomic mass is 9.94. The zero-order valence-electron chi connectivity index (χ0n) is 11.5. The van der Waals surface area contributed by atoms with Crippen LogP contribution in [0.2, 0.25) is 5.15 Å². The molecule has 0 N–H and O–H groups in total. The molecule has 1 atom stereocenters. The predicted molar refractivity (Wildman–Crippen MR) is 73.4 cm³/mol. The van der Waals surface area contributed by atoms with Crippen molar-refractivity contribution >= 4 is 17.4 Å². The molecule has 0 radical (unpaired) electrons. The highest BCUT2D eigenvalue weighted by atomic mass is 35.5. The zero-order valence-corrected chi connectivity index (χ0v) is 12.2. The van der Waals surface area contributed by atoms with Crippen molar-refractivity contribution < 1.29 is 4.74 Å². The molecular formula is C13H20ClN3O. The Morgan fingerprint density at radius 3 is 2.72 bits per heavy atom. The molecule has 0 spiro atoms. The first kappa shape index (κ1) is 13.6. The van der Waals surface area contributed by atoms with Crippen molar-refractivity contribution in [1.82, 2.24) is 9.97 Å². The number of ether oxygens (including phenoxy) is 1. The van der Waals surface area contributed by atoms with Crippen LogP contribution in [-0.4, -0.2) is 35.8 Å². The first-order valence-electron chi connectivity index (χ1n) is 6.26. The number of hydrogen-bond acceptors (Lipinski definition) is 4. The molecule has 18 heavy (non-hydrogen) atoms. The monoisotopic (exact) mass is 269 g/mol. The molecule has 2 heterocycles. The van der Waals surface area contributed by atoms with Crippen LogP contribution >= 0.6 is 11.6 Å². The second-order valence-corrected chi connectivity index (χ2v) is 5.55. The molecule has 2 rings (SSSR count). The minimum absolute atomic E-state index is 0.101. The topological polar surface area (TPSA) is 38.2 Å². The van der Waals surface area contributed by atoms with Crippen molar-refractivity contribution in [3.05, 3.63) is 16.5 Å². The predicted octanol–water partition coefficient (Wildman–Crippen LogP) is 2.75. The lowest BCUT2D eigenvalue weighted by Crippen LogP contribution is -2.48. The van der Waals surface area contributed by atoms with Gasteiger partial charge < -0.3 is 9.64 Å². The van der Waals surface area contributed by atoms with E-state index in [0.717, 1.165) is 37.3 Å². The van der Waals surface area contributed by atoms with Gasteiger partial charge in [-0.1, -0.05) is 11.6 Å². The van der Waals surface area contributed by atoms with Gasteiger partial charge in [-0.3, -0.25) is 0 Å². The number of methoxy groups -OCH3 is 1. The summed E-state index contributed by atoms with van der Waals surface area (Å²) in [4.78, 5) is 11.0. The standard InChI is InChI=1S/C13H20ClN3O/c1-9-11(14)15-10(2)16-12(9)17-7-5-6-13(3,8-17)18-4/h5-8H2,1-4H3. The summed E-state index contributed by atoms with van der Waals surface area (Å²) in [5.41, 5.74) is 0.846. The van der Waals surface area contributed by atoms with Gasteiger partial charge in [0.25, 0.3) is 0 Å². The summed E-state index contributed by atoms with van der Waals surface area (Å²) in [5, 5.41) is 0.544. The summed E-state index contributed by atoms with van der Waals surface area (Å²) in [6.07, 6.45) is 2.18. The van der Waals surface area contributed by atoms with E-state index in [4.69, 9.17) is 16.3 Å². The highest BCUT2D eigenvalue weighted by Crippen LogP contribution is 2.30. The van der Waals surface area contributed by atoms with Gasteiger partial charge in [0.05, 0.1) is 5.60 Å². The molecule has 0 bridgehead atoms.